The van der Waals surface area contributed by atoms with Gasteiger partial charge in [-0.05, 0) is 45.7 Å². The summed E-state index contributed by atoms with van der Waals surface area (Å²) in [4.78, 5) is 30.2. The van der Waals surface area contributed by atoms with Crippen LogP contribution in [0.1, 0.15) is 73.4 Å². The Balaban J connectivity index is 1.55. The number of hydrogen-bond donors (Lipinski definition) is 0. The van der Waals surface area contributed by atoms with Crippen LogP contribution in [0, 0.1) is 0 Å². The normalized spacial score (nSPS) is 13.7. The van der Waals surface area contributed by atoms with Gasteiger partial charge in [-0.1, -0.05) is 133 Å². The van der Waals surface area contributed by atoms with Crippen molar-refractivity contribution in [3.8, 4) is 16.8 Å². The van der Waals surface area contributed by atoms with Crippen LogP contribution in [0.2, 0.25) is 0 Å². The molecule has 0 atom stereocenters. The summed E-state index contributed by atoms with van der Waals surface area (Å²) >= 11 is 0. The number of fused-ring (bicyclic) bond motifs is 4. The first-order valence-electron chi connectivity index (χ1n) is 15.2. The molecule has 1 aliphatic heterocycles. The van der Waals surface area contributed by atoms with Crippen LogP contribution >= 0.6 is 0 Å². The average molecular weight is 577 g/mol. The second kappa shape index (κ2) is 9.78. The van der Waals surface area contributed by atoms with Gasteiger partial charge in [0.25, 0.3) is 11.8 Å². The fourth-order valence-corrected chi connectivity index (χ4v) is 6.77. The third kappa shape index (κ3) is 4.12. The third-order valence-electron chi connectivity index (χ3n) is 8.79. The Hall–Kier alpha value is -4.96. The van der Waals surface area contributed by atoms with E-state index in [0.29, 0.717) is 16.8 Å². The number of aromatic nitrogens is 1. The maximum Gasteiger partial charge on any atom is 0.268 e. The number of carbonyl (C=O) groups excluding carboxylic acids is 2. The van der Waals surface area contributed by atoms with Crippen molar-refractivity contribution in [1.29, 1.82) is 0 Å². The molecule has 1 aliphatic rings. The minimum atomic E-state index is -0.305. The molecule has 0 unspecified atom stereocenters. The molecular weight excluding hydrogens is 540 g/mol. The van der Waals surface area contributed by atoms with Crippen molar-refractivity contribution in [3.05, 3.63) is 131 Å². The molecule has 0 spiro atoms. The van der Waals surface area contributed by atoms with Crippen LogP contribution in [0.4, 0.5) is 5.69 Å². The van der Waals surface area contributed by atoms with Gasteiger partial charge >= 0.3 is 0 Å². The number of nitrogens with zero attached hydrogens (tertiary/aromatic N) is 2. The summed E-state index contributed by atoms with van der Waals surface area (Å²) in [5, 5.41) is 2.28. The first-order valence-corrected chi connectivity index (χ1v) is 15.2. The topological polar surface area (TPSA) is 42.3 Å². The highest BCUT2D eigenvalue weighted by Gasteiger charge is 2.41. The van der Waals surface area contributed by atoms with Gasteiger partial charge in [-0.2, -0.15) is 0 Å². The van der Waals surface area contributed by atoms with Gasteiger partial charge in [0.05, 0.1) is 33.5 Å². The van der Waals surface area contributed by atoms with Crippen LogP contribution in [0.15, 0.2) is 109 Å². The maximum atomic E-state index is 14.6. The molecule has 2 heterocycles. The van der Waals surface area contributed by atoms with Crippen molar-refractivity contribution in [1.82, 2.24) is 4.57 Å². The highest BCUT2D eigenvalue weighted by molar-refractivity contribution is 6.36. The Morgan fingerprint density at radius 2 is 0.977 bits per heavy atom. The fourth-order valence-electron chi connectivity index (χ4n) is 6.77. The molecule has 0 fully saturated rings. The molecule has 0 radical (unpaired) electrons. The summed E-state index contributed by atoms with van der Waals surface area (Å²) < 4.78 is 2.27. The predicted octanol–water partition coefficient (Wildman–Crippen LogP) is 9.85. The van der Waals surface area contributed by atoms with E-state index < -0.39 is 0 Å². The van der Waals surface area contributed by atoms with Crippen molar-refractivity contribution < 1.29 is 9.59 Å². The lowest BCUT2D eigenvalue weighted by Crippen LogP contribution is -2.30. The van der Waals surface area contributed by atoms with E-state index in [2.05, 4.69) is 82.5 Å². The molecule has 4 nitrogen and oxygen atoms in total. The first kappa shape index (κ1) is 27.8. The van der Waals surface area contributed by atoms with Gasteiger partial charge in [0, 0.05) is 16.3 Å². The van der Waals surface area contributed by atoms with E-state index in [9.17, 15) is 9.59 Å². The number of benzene rings is 5. The van der Waals surface area contributed by atoms with Gasteiger partial charge in [-0.25, -0.2) is 4.90 Å². The van der Waals surface area contributed by atoms with E-state index in [-0.39, 0.29) is 22.6 Å². The lowest BCUT2D eigenvalue weighted by Gasteiger charge is -2.25. The molecule has 0 N–H and O–H groups in total. The Bertz CT molecular complexity index is 2050. The average Bonchev–Trinajstić information content (AvgIpc) is 3.47. The monoisotopic (exact) mass is 576 g/mol. The minimum absolute atomic E-state index is 0.161. The first-order chi connectivity index (χ1) is 21.0. The van der Waals surface area contributed by atoms with Gasteiger partial charge in [0.15, 0.2) is 0 Å². The summed E-state index contributed by atoms with van der Waals surface area (Å²) in [5.74, 6) is -0.608. The van der Waals surface area contributed by atoms with Gasteiger partial charge in [-0.15, -0.1) is 0 Å². The van der Waals surface area contributed by atoms with Crippen molar-refractivity contribution in [2.75, 3.05) is 4.90 Å². The molecule has 0 saturated heterocycles. The zero-order valence-electron chi connectivity index (χ0n) is 26.1. The fraction of sp³-hybridized carbons (Fsp3) is 0.200. The number of hydrogen-bond acceptors (Lipinski definition) is 2. The van der Waals surface area contributed by atoms with Crippen LogP contribution in [-0.2, 0) is 10.8 Å². The van der Waals surface area contributed by atoms with Gasteiger partial charge in [0.1, 0.15) is 0 Å². The standard InChI is InChI=1S/C40H36N2O2/c1-39(2,3)30-21-12-18-27-28-19-13-22-31(40(4,5)6)36(28)41(35(27)30)33-24-14-20-29-34(33)38(44)42(37(29)43)32-23-11-10-17-26(32)25-15-8-7-9-16-25/h7-24H,1-6H3. The number of carbonyl (C=O) groups is 2. The smallest absolute Gasteiger partial charge is 0.268 e. The third-order valence-corrected chi connectivity index (χ3v) is 8.79. The van der Waals surface area contributed by atoms with Crippen LogP contribution in [0.25, 0.3) is 38.6 Å². The van der Waals surface area contributed by atoms with E-state index in [4.69, 9.17) is 0 Å². The minimum Gasteiger partial charge on any atom is -0.308 e. The second-order valence-corrected chi connectivity index (χ2v) is 13.8. The largest absolute Gasteiger partial charge is 0.308 e. The Kier molecular flexibility index (Phi) is 6.19. The van der Waals surface area contributed by atoms with Crippen molar-refractivity contribution in [2.45, 2.75) is 52.4 Å². The van der Waals surface area contributed by atoms with Gasteiger partial charge in [-0.3, -0.25) is 9.59 Å². The molecule has 0 saturated carbocycles. The van der Waals surface area contributed by atoms with E-state index in [0.717, 1.165) is 38.6 Å². The lowest BCUT2D eigenvalue weighted by molar-refractivity contribution is 0.0926. The molecule has 44 heavy (non-hydrogen) atoms. The zero-order chi connectivity index (χ0) is 31.0. The number of para-hydroxylation sites is 3. The molecule has 2 amide bonds. The Morgan fingerprint density at radius 3 is 1.57 bits per heavy atom. The summed E-state index contributed by atoms with van der Waals surface area (Å²) in [6.45, 7) is 13.3. The molecule has 5 aromatic carbocycles. The number of imide groups is 1. The van der Waals surface area contributed by atoms with E-state index in [1.165, 1.54) is 16.0 Å². The molecule has 1 aromatic heterocycles. The quantitative estimate of drug-likeness (QED) is 0.197. The van der Waals surface area contributed by atoms with Gasteiger partial charge in [0.2, 0.25) is 0 Å². The predicted molar refractivity (Wildman–Crippen MR) is 181 cm³/mol. The van der Waals surface area contributed by atoms with E-state index >= 15 is 0 Å². The van der Waals surface area contributed by atoms with Crippen molar-refractivity contribution in [3.63, 3.8) is 0 Å². The Labute approximate surface area is 258 Å². The lowest BCUT2D eigenvalue weighted by atomic mass is 9.85. The van der Waals surface area contributed by atoms with E-state index in [1.54, 1.807) is 6.07 Å². The summed E-state index contributed by atoms with van der Waals surface area (Å²) in [5.41, 5.74) is 8.16. The van der Waals surface area contributed by atoms with Crippen LogP contribution in [-0.4, -0.2) is 16.4 Å². The van der Waals surface area contributed by atoms with Crippen LogP contribution in [0.3, 0.4) is 0 Å². The maximum absolute atomic E-state index is 14.6. The molecule has 6 aromatic rings. The zero-order valence-corrected chi connectivity index (χ0v) is 26.1. The number of anilines is 1. The number of amides is 2. The SMILES string of the molecule is CC(C)(C)c1cccc2c3cccc(C(C)(C)C)c3n(-c3cccc4c3C(=O)N(c3ccccc3-c3ccccc3)C4=O)c12. The van der Waals surface area contributed by atoms with Crippen molar-refractivity contribution in [2.24, 2.45) is 0 Å². The molecule has 4 heteroatoms. The van der Waals surface area contributed by atoms with Crippen molar-refractivity contribution >= 4 is 39.3 Å². The highest BCUT2D eigenvalue weighted by Crippen LogP contribution is 2.44. The van der Waals surface area contributed by atoms with Crippen LogP contribution < -0.4 is 4.90 Å². The highest BCUT2D eigenvalue weighted by atomic mass is 16.2. The second-order valence-electron chi connectivity index (χ2n) is 13.8. The summed E-state index contributed by atoms with van der Waals surface area (Å²) in [6.07, 6.45) is 0. The molecule has 7 rings (SSSR count). The molecular formula is C40H36N2O2. The van der Waals surface area contributed by atoms with E-state index in [1.807, 2.05) is 66.7 Å². The van der Waals surface area contributed by atoms with Gasteiger partial charge < -0.3 is 4.57 Å². The molecule has 0 bridgehead atoms. The Morgan fingerprint density at radius 1 is 0.477 bits per heavy atom. The van der Waals surface area contributed by atoms with Crippen LogP contribution in [0.5, 0.6) is 0 Å². The molecule has 0 aliphatic carbocycles. The summed E-state index contributed by atoms with van der Waals surface area (Å²) in [6, 6.07) is 36.2. The molecule has 218 valence electrons. The summed E-state index contributed by atoms with van der Waals surface area (Å²) in [7, 11) is 0. The number of rotatable bonds is 3.